The fourth-order valence-electron chi connectivity index (χ4n) is 3.59. The van der Waals surface area contributed by atoms with Crippen LogP contribution in [0.25, 0.3) is 0 Å². The Labute approximate surface area is 192 Å². The third-order valence-corrected chi connectivity index (χ3v) is 6.00. The predicted octanol–water partition coefficient (Wildman–Crippen LogP) is -0.895. The molecule has 0 fully saturated rings. The first-order valence-electron chi connectivity index (χ1n) is 11.2. The van der Waals surface area contributed by atoms with E-state index >= 15 is 0 Å². The largest absolute Gasteiger partial charge is 1.00 e. The molecule has 0 bridgehead atoms. The Hall–Kier alpha value is 0.840. The van der Waals surface area contributed by atoms with Crippen LogP contribution in [0.2, 0.25) is 0 Å². The minimum absolute atomic E-state index is 0. The molecule has 27 heavy (non-hydrogen) atoms. The van der Waals surface area contributed by atoms with Crippen molar-refractivity contribution in [2.45, 2.75) is 79.1 Å². The number of halogens is 2. The summed E-state index contributed by atoms with van der Waals surface area (Å²) in [7, 11) is 4.70. The molecule has 0 spiro atoms. The molecular formula is C22H50Br2N2O. The monoisotopic (exact) mass is 516 g/mol. The van der Waals surface area contributed by atoms with Gasteiger partial charge in [0, 0.05) is 0 Å². The molecule has 0 aromatic heterocycles. The molecule has 168 valence electrons. The molecule has 0 saturated carbocycles. The van der Waals surface area contributed by atoms with Gasteiger partial charge in [0.05, 0.1) is 53.5 Å². The Balaban J connectivity index is -0.00000288. The highest BCUT2D eigenvalue weighted by Crippen LogP contribution is 2.11. The number of unbranched alkanes of at least 4 members (excludes halogenated alkanes) is 6. The maximum Gasteiger partial charge on any atom is 0.102 e. The maximum atomic E-state index is 6.05. The standard InChI is InChI=1S/C22H50N2O.2BrH/c1-7-11-13-15-17-23(5,6)19-21-25-22-20-24(9-3,10-4)18-16-14-12-8-2;;/h7-22H2,1-6H3;2*1H/q+2;;/p-2. The summed E-state index contributed by atoms with van der Waals surface area (Å²) in [5.74, 6) is 0. The maximum absolute atomic E-state index is 6.05. The Morgan fingerprint density at radius 3 is 1.52 bits per heavy atom. The van der Waals surface area contributed by atoms with E-state index in [0.717, 1.165) is 24.2 Å². The van der Waals surface area contributed by atoms with Gasteiger partial charge in [-0.1, -0.05) is 39.5 Å². The molecule has 0 radical (unpaired) electrons. The van der Waals surface area contributed by atoms with Crippen molar-refractivity contribution in [3.63, 3.8) is 0 Å². The van der Waals surface area contributed by atoms with Crippen molar-refractivity contribution in [3.8, 4) is 0 Å². The molecule has 0 aromatic rings. The molecular weight excluding hydrogens is 468 g/mol. The number of quaternary nitrogens is 2. The average Bonchev–Trinajstić information content (AvgIpc) is 2.60. The van der Waals surface area contributed by atoms with Crippen LogP contribution in [0.3, 0.4) is 0 Å². The van der Waals surface area contributed by atoms with Gasteiger partial charge in [-0.3, -0.25) is 0 Å². The zero-order valence-corrected chi connectivity index (χ0v) is 22.5. The van der Waals surface area contributed by atoms with Crippen LogP contribution < -0.4 is 34.0 Å². The number of nitrogens with zero attached hydrogens (tertiary/aromatic N) is 2. The lowest BCUT2D eigenvalue weighted by molar-refractivity contribution is -0.925. The first-order chi connectivity index (χ1) is 11.9. The van der Waals surface area contributed by atoms with Crippen molar-refractivity contribution < 1.29 is 47.7 Å². The molecule has 0 aliphatic carbocycles. The van der Waals surface area contributed by atoms with Gasteiger partial charge in [-0.15, -0.1) is 0 Å². The zero-order valence-electron chi connectivity index (χ0n) is 19.4. The van der Waals surface area contributed by atoms with Crippen molar-refractivity contribution >= 4 is 0 Å². The van der Waals surface area contributed by atoms with Crippen LogP contribution in [-0.4, -0.2) is 75.5 Å². The minimum Gasteiger partial charge on any atom is -1.00 e. The van der Waals surface area contributed by atoms with Crippen LogP contribution in [0, 0.1) is 0 Å². The van der Waals surface area contributed by atoms with Gasteiger partial charge in [0.15, 0.2) is 0 Å². The molecule has 0 atom stereocenters. The van der Waals surface area contributed by atoms with E-state index in [1.54, 1.807) is 0 Å². The lowest BCUT2D eigenvalue weighted by atomic mass is 10.1. The van der Waals surface area contributed by atoms with Gasteiger partial charge < -0.3 is 47.7 Å². The van der Waals surface area contributed by atoms with Crippen LogP contribution in [0.15, 0.2) is 0 Å². The molecule has 0 aromatic carbocycles. The molecule has 0 aliphatic rings. The SMILES string of the molecule is CCCCCC[N+](C)(C)CCOCC[N+](CC)(CC)CCCCCC.[Br-].[Br-]. The van der Waals surface area contributed by atoms with Crippen molar-refractivity contribution in [2.24, 2.45) is 0 Å². The Kier molecular flexibility index (Phi) is 24.2. The lowest BCUT2D eigenvalue weighted by Gasteiger charge is -2.37. The Bertz CT molecular complexity index is 298. The van der Waals surface area contributed by atoms with Crippen LogP contribution in [-0.2, 0) is 4.74 Å². The van der Waals surface area contributed by atoms with E-state index in [4.69, 9.17) is 4.74 Å². The lowest BCUT2D eigenvalue weighted by Crippen LogP contribution is -3.00. The number of hydrogen-bond acceptors (Lipinski definition) is 1. The van der Waals surface area contributed by atoms with E-state index in [0.29, 0.717) is 0 Å². The van der Waals surface area contributed by atoms with Gasteiger partial charge in [-0.05, 0) is 39.5 Å². The highest BCUT2D eigenvalue weighted by atomic mass is 79.9. The molecule has 0 aliphatic heterocycles. The third-order valence-electron chi connectivity index (χ3n) is 6.00. The van der Waals surface area contributed by atoms with Gasteiger partial charge in [-0.25, -0.2) is 0 Å². The van der Waals surface area contributed by atoms with Crippen LogP contribution in [0.4, 0.5) is 0 Å². The highest BCUT2D eigenvalue weighted by Gasteiger charge is 2.22. The fraction of sp³-hybridized carbons (Fsp3) is 1.00. The highest BCUT2D eigenvalue weighted by molar-refractivity contribution is 4.46. The summed E-state index contributed by atoms with van der Waals surface area (Å²) in [5, 5.41) is 0. The summed E-state index contributed by atoms with van der Waals surface area (Å²) in [6, 6.07) is 0. The van der Waals surface area contributed by atoms with E-state index < -0.39 is 0 Å². The summed E-state index contributed by atoms with van der Waals surface area (Å²) in [6.45, 7) is 18.5. The number of hydrogen-bond donors (Lipinski definition) is 0. The van der Waals surface area contributed by atoms with Crippen molar-refractivity contribution in [2.75, 3.05) is 66.6 Å². The van der Waals surface area contributed by atoms with Gasteiger partial charge in [-0.2, -0.15) is 0 Å². The van der Waals surface area contributed by atoms with E-state index in [1.165, 1.54) is 88.6 Å². The molecule has 5 heteroatoms. The molecule has 0 unspecified atom stereocenters. The van der Waals surface area contributed by atoms with E-state index in [9.17, 15) is 0 Å². The van der Waals surface area contributed by atoms with Crippen LogP contribution in [0.1, 0.15) is 79.1 Å². The Morgan fingerprint density at radius 2 is 1.04 bits per heavy atom. The topological polar surface area (TPSA) is 9.23 Å². The summed E-state index contributed by atoms with van der Waals surface area (Å²) in [5.41, 5.74) is 0. The number of rotatable bonds is 18. The minimum atomic E-state index is 0. The molecule has 0 saturated heterocycles. The number of likely N-dealkylation sites (N-methyl/N-ethyl adjacent to an activating group) is 2. The van der Waals surface area contributed by atoms with E-state index in [-0.39, 0.29) is 34.0 Å². The second-order valence-corrected chi connectivity index (χ2v) is 8.54. The predicted molar refractivity (Wildman–Crippen MR) is 112 cm³/mol. The summed E-state index contributed by atoms with van der Waals surface area (Å²) in [6.07, 6.45) is 10.9. The summed E-state index contributed by atoms with van der Waals surface area (Å²) in [4.78, 5) is 0. The molecule has 0 heterocycles. The van der Waals surface area contributed by atoms with Crippen molar-refractivity contribution in [3.05, 3.63) is 0 Å². The first kappa shape index (κ1) is 32.5. The number of ether oxygens (including phenoxy) is 1. The zero-order chi connectivity index (χ0) is 19.0. The second kappa shape index (κ2) is 20.1. The van der Waals surface area contributed by atoms with Gasteiger partial charge in [0.1, 0.15) is 13.1 Å². The van der Waals surface area contributed by atoms with Crippen molar-refractivity contribution in [1.82, 2.24) is 0 Å². The smallest absolute Gasteiger partial charge is 0.102 e. The average molecular weight is 518 g/mol. The third kappa shape index (κ3) is 17.4. The first-order valence-corrected chi connectivity index (χ1v) is 11.2. The van der Waals surface area contributed by atoms with E-state index in [1.807, 2.05) is 0 Å². The summed E-state index contributed by atoms with van der Waals surface area (Å²) < 4.78 is 8.39. The van der Waals surface area contributed by atoms with Crippen LogP contribution >= 0.6 is 0 Å². The quantitative estimate of drug-likeness (QED) is 0.169. The molecule has 3 nitrogen and oxygen atoms in total. The summed E-state index contributed by atoms with van der Waals surface area (Å²) >= 11 is 0. The van der Waals surface area contributed by atoms with Gasteiger partial charge >= 0.3 is 0 Å². The Morgan fingerprint density at radius 1 is 0.556 bits per heavy atom. The second-order valence-electron chi connectivity index (χ2n) is 8.54. The molecule has 0 amide bonds. The molecule has 0 rings (SSSR count). The van der Waals surface area contributed by atoms with E-state index in [2.05, 4.69) is 41.8 Å². The fourth-order valence-corrected chi connectivity index (χ4v) is 3.59. The molecule has 0 N–H and O–H groups in total. The van der Waals surface area contributed by atoms with Crippen molar-refractivity contribution in [1.29, 1.82) is 0 Å². The normalized spacial score (nSPS) is 11.8. The van der Waals surface area contributed by atoms with Crippen LogP contribution in [0.5, 0.6) is 0 Å². The van der Waals surface area contributed by atoms with Gasteiger partial charge in [0.2, 0.25) is 0 Å². The van der Waals surface area contributed by atoms with Gasteiger partial charge in [0.25, 0.3) is 0 Å².